The SMILES string of the molecule is CCOc1ccc2c(n1)CCN(C(=O)Cc1cc(=O)[nH]o1)[C@H]2C(=O)Cc1ccc([Si](C)(C)C)c(F)c1. The molecule has 0 saturated carbocycles. The van der Waals surface area contributed by atoms with Crippen molar-refractivity contribution in [3.8, 4) is 5.88 Å². The number of fused-ring (bicyclic) bond motifs is 1. The summed E-state index contributed by atoms with van der Waals surface area (Å²) in [6.07, 6.45) is 0.244. The van der Waals surface area contributed by atoms with Crippen molar-refractivity contribution < 1.29 is 23.2 Å². The third-order valence-electron chi connectivity index (χ3n) is 6.22. The average Bonchev–Trinajstić information content (AvgIpc) is 3.21. The minimum atomic E-state index is -1.86. The number of halogens is 1. The van der Waals surface area contributed by atoms with Gasteiger partial charge in [-0.15, -0.1) is 0 Å². The Labute approximate surface area is 209 Å². The maximum Gasteiger partial charge on any atom is 0.280 e. The number of carbonyl (C=O) groups excluding carboxylic acids is 2. The molecule has 1 aromatic carbocycles. The van der Waals surface area contributed by atoms with Gasteiger partial charge >= 0.3 is 0 Å². The first kappa shape index (κ1) is 25.6. The number of H-pyrrole nitrogens is 1. The van der Waals surface area contributed by atoms with Crippen molar-refractivity contribution in [1.29, 1.82) is 0 Å². The second-order valence-corrected chi connectivity index (χ2v) is 15.0. The monoisotopic (exact) mass is 511 g/mol. The van der Waals surface area contributed by atoms with E-state index in [2.05, 4.69) is 29.8 Å². The van der Waals surface area contributed by atoms with Gasteiger partial charge in [-0.25, -0.2) is 9.37 Å². The van der Waals surface area contributed by atoms with Gasteiger partial charge in [0.05, 0.1) is 26.8 Å². The van der Waals surface area contributed by atoms with Crippen LogP contribution in [0, 0.1) is 5.82 Å². The van der Waals surface area contributed by atoms with E-state index < -0.39 is 19.7 Å². The summed E-state index contributed by atoms with van der Waals surface area (Å²) in [4.78, 5) is 44.3. The fraction of sp³-hybridized carbons (Fsp3) is 0.385. The van der Waals surface area contributed by atoms with Crippen LogP contribution in [-0.2, 0) is 28.9 Å². The molecule has 0 aliphatic carbocycles. The number of hydrogen-bond acceptors (Lipinski definition) is 6. The Balaban J connectivity index is 1.65. The Morgan fingerprint density at radius 1 is 1.19 bits per heavy atom. The minimum Gasteiger partial charge on any atom is -0.478 e. The molecule has 4 rings (SSSR count). The number of amides is 1. The van der Waals surface area contributed by atoms with E-state index in [1.54, 1.807) is 24.3 Å². The molecular weight excluding hydrogens is 481 g/mol. The Morgan fingerprint density at radius 2 is 1.97 bits per heavy atom. The maximum atomic E-state index is 14.8. The molecule has 36 heavy (non-hydrogen) atoms. The number of nitrogens with zero attached hydrogens (tertiary/aromatic N) is 2. The van der Waals surface area contributed by atoms with Crippen LogP contribution in [0.25, 0.3) is 0 Å². The second-order valence-electron chi connectivity index (χ2n) is 9.92. The van der Waals surface area contributed by atoms with Gasteiger partial charge in [-0.1, -0.05) is 31.8 Å². The Kier molecular flexibility index (Phi) is 7.25. The largest absolute Gasteiger partial charge is 0.478 e. The third kappa shape index (κ3) is 5.48. The lowest BCUT2D eigenvalue weighted by Crippen LogP contribution is -2.45. The van der Waals surface area contributed by atoms with Gasteiger partial charge in [0.25, 0.3) is 5.56 Å². The van der Waals surface area contributed by atoms with E-state index in [9.17, 15) is 18.8 Å². The molecule has 0 unspecified atom stereocenters. The summed E-state index contributed by atoms with van der Waals surface area (Å²) in [7, 11) is -1.86. The highest BCUT2D eigenvalue weighted by atomic mass is 28.3. The van der Waals surface area contributed by atoms with Crippen LogP contribution in [0.5, 0.6) is 5.88 Å². The average molecular weight is 512 g/mol. The van der Waals surface area contributed by atoms with E-state index in [1.807, 2.05) is 6.92 Å². The van der Waals surface area contributed by atoms with Gasteiger partial charge in [0.2, 0.25) is 11.8 Å². The molecule has 1 aliphatic rings. The molecular formula is C26H30FN3O5Si. The molecule has 1 aliphatic heterocycles. The number of nitrogens with one attached hydrogen (secondary N) is 1. The van der Waals surface area contributed by atoms with Gasteiger partial charge in [0.15, 0.2) is 5.78 Å². The predicted octanol–water partition coefficient (Wildman–Crippen LogP) is 2.93. The predicted molar refractivity (Wildman–Crippen MR) is 135 cm³/mol. The topological polar surface area (TPSA) is 106 Å². The van der Waals surface area contributed by atoms with Crippen molar-refractivity contribution in [2.45, 2.75) is 51.9 Å². The van der Waals surface area contributed by atoms with Crippen molar-refractivity contribution in [2.24, 2.45) is 0 Å². The summed E-state index contributed by atoms with van der Waals surface area (Å²) >= 11 is 0. The molecule has 0 radical (unpaired) electrons. The summed E-state index contributed by atoms with van der Waals surface area (Å²) < 4.78 is 25.4. The molecule has 3 heterocycles. The van der Waals surface area contributed by atoms with Crippen LogP contribution in [0.15, 0.2) is 45.7 Å². The standard InChI is InChI=1S/C26H30FN3O5Si/c1-5-34-24-9-7-18-20(28-24)10-11-30(25(33)15-17-14-23(32)29-35-17)26(18)21(31)13-16-6-8-22(19(27)12-16)36(2,3)4/h6-9,12,14,26H,5,10-11,13,15H2,1-4H3,(H,29,32)/t26-/m1/s1. The number of aromatic nitrogens is 2. The van der Waals surface area contributed by atoms with Crippen molar-refractivity contribution in [3.05, 3.63) is 75.2 Å². The number of benzene rings is 1. The molecule has 0 fully saturated rings. The summed E-state index contributed by atoms with van der Waals surface area (Å²) in [6.45, 7) is 8.78. The zero-order chi connectivity index (χ0) is 26.0. The van der Waals surface area contributed by atoms with Crippen LogP contribution in [0.4, 0.5) is 4.39 Å². The lowest BCUT2D eigenvalue weighted by Gasteiger charge is -2.36. The van der Waals surface area contributed by atoms with Crippen LogP contribution in [0.1, 0.15) is 35.5 Å². The van der Waals surface area contributed by atoms with Crippen molar-refractivity contribution in [2.75, 3.05) is 13.2 Å². The lowest BCUT2D eigenvalue weighted by molar-refractivity contribution is -0.140. The molecule has 10 heteroatoms. The molecule has 0 spiro atoms. The van der Waals surface area contributed by atoms with Crippen LogP contribution in [-0.4, -0.2) is 48.0 Å². The molecule has 0 bridgehead atoms. The highest BCUT2D eigenvalue weighted by molar-refractivity contribution is 6.88. The number of ether oxygens (including phenoxy) is 1. The van der Waals surface area contributed by atoms with Crippen LogP contribution >= 0.6 is 0 Å². The van der Waals surface area contributed by atoms with E-state index in [-0.39, 0.29) is 42.7 Å². The van der Waals surface area contributed by atoms with Gasteiger partial charge in [-0.05, 0) is 29.8 Å². The molecule has 2 aromatic heterocycles. The van der Waals surface area contributed by atoms with Gasteiger partial charge in [0, 0.05) is 37.1 Å². The van der Waals surface area contributed by atoms with Gasteiger partial charge < -0.3 is 14.2 Å². The van der Waals surface area contributed by atoms with E-state index in [0.717, 1.165) is 0 Å². The number of pyridine rings is 1. The van der Waals surface area contributed by atoms with Gasteiger partial charge in [-0.2, -0.15) is 5.16 Å². The number of aromatic amines is 1. The quantitative estimate of drug-likeness (QED) is 0.466. The Morgan fingerprint density at radius 3 is 2.61 bits per heavy atom. The third-order valence-corrected chi connectivity index (χ3v) is 8.24. The first-order valence-corrected chi connectivity index (χ1v) is 15.5. The van der Waals surface area contributed by atoms with Crippen molar-refractivity contribution in [3.63, 3.8) is 0 Å². The number of ketones is 1. The number of Topliss-reactive ketones (excluding diaryl/α,β-unsaturated/α-hetero) is 1. The van der Waals surface area contributed by atoms with Gasteiger partial charge in [-0.3, -0.25) is 14.4 Å². The second kappa shape index (κ2) is 10.2. The molecule has 190 valence electrons. The van der Waals surface area contributed by atoms with Crippen molar-refractivity contribution in [1.82, 2.24) is 15.0 Å². The zero-order valence-electron chi connectivity index (χ0n) is 20.9. The fourth-order valence-corrected chi connectivity index (χ4v) is 5.91. The normalized spacial score (nSPS) is 15.5. The molecule has 3 aromatic rings. The van der Waals surface area contributed by atoms with Crippen molar-refractivity contribution >= 4 is 25.0 Å². The minimum absolute atomic E-state index is 0.0385. The maximum absolute atomic E-state index is 14.8. The number of rotatable bonds is 8. The summed E-state index contributed by atoms with van der Waals surface area (Å²) in [5.41, 5.74) is 1.43. The van der Waals surface area contributed by atoms with Gasteiger partial charge in [0.1, 0.15) is 17.6 Å². The van der Waals surface area contributed by atoms with Crippen LogP contribution in [0.2, 0.25) is 19.6 Å². The summed E-state index contributed by atoms with van der Waals surface area (Å²) in [5, 5.41) is 2.88. The van der Waals surface area contributed by atoms with E-state index in [1.165, 1.54) is 17.0 Å². The van der Waals surface area contributed by atoms with E-state index in [4.69, 9.17) is 9.26 Å². The highest BCUT2D eigenvalue weighted by Crippen LogP contribution is 2.32. The number of hydrogen-bond donors (Lipinski definition) is 1. The van der Waals surface area contributed by atoms with Crippen LogP contribution in [0.3, 0.4) is 0 Å². The molecule has 0 saturated heterocycles. The van der Waals surface area contributed by atoms with E-state index in [0.29, 0.717) is 40.9 Å². The lowest BCUT2D eigenvalue weighted by atomic mass is 9.90. The fourth-order valence-electron chi connectivity index (χ4n) is 4.54. The Hall–Kier alpha value is -3.53. The van der Waals surface area contributed by atoms with E-state index >= 15 is 0 Å². The zero-order valence-corrected chi connectivity index (χ0v) is 21.9. The Bertz CT molecular complexity index is 1340. The molecule has 1 amide bonds. The summed E-state index contributed by atoms with van der Waals surface area (Å²) in [6, 6.07) is 8.75. The molecule has 8 nitrogen and oxygen atoms in total. The number of carbonyl (C=O) groups is 2. The first-order valence-electron chi connectivity index (χ1n) is 12.0. The smallest absolute Gasteiger partial charge is 0.280 e. The summed E-state index contributed by atoms with van der Waals surface area (Å²) in [5.74, 6) is -0.250. The van der Waals surface area contributed by atoms with Crippen LogP contribution < -0.4 is 15.5 Å². The highest BCUT2D eigenvalue weighted by Gasteiger charge is 2.37. The molecule has 1 N–H and O–H groups in total. The molecule has 1 atom stereocenters. The first-order chi connectivity index (χ1) is 17.1.